The van der Waals surface area contributed by atoms with E-state index in [-0.39, 0.29) is 43.2 Å². The number of unbranched alkanes of at least 4 members (excludes halogenated alkanes) is 1. The molecule has 2 amide bonds. The highest BCUT2D eigenvalue weighted by molar-refractivity contribution is 5.96. The Labute approximate surface area is 202 Å². The van der Waals surface area contributed by atoms with Gasteiger partial charge in [0.15, 0.2) is 0 Å². The maximum absolute atomic E-state index is 12.9. The number of para-hydroxylation sites is 1. The van der Waals surface area contributed by atoms with Crippen molar-refractivity contribution in [1.29, 1.82) is 0 Å². The summed E-state index contributed by atoms with van der Waals surface area (Å²) in [6.07, 6.45) is 0.702. The average molecular weight is 480 g/mol. The number of nitrogens with zero attached hydrogens (tertiary/aromatic N) is 1. The topological polar surface area (TPSA) is 134 Å². The number of nitrogens with one attached hydrogen (secondary N) is 1. The minimum absolute atomic E-state index is 0.0376. The molecule has 192 valence electrons. The van der Waals surface area contributed by atoms with Crippen LogP contribution in [0.5, 0.6) is 5.75 Å². The predicted octanol–water partition coefficient (Wildman–Crippen LogP) is 1.17. The molecule has 5 N–H and O–H groups in total. The Morgan fingerprint density at radius 1 is 1.26 bits per heavy atom. The molecule has 1 aromatic carbocycles. The van der Waals surface area contributed by atoms with Crippen molar-refractivity contribution in [2.75, 3.05) is 40.0 Å². The Balaban J connectivity index is 1.88. The number of aliphatic hydroxyl groups excluding tert-OH is 2. The minimum atomic E-state index is -0.904. The van der Waals surface area contributed by atoms with Crippen molar-refractivity contribution in [2.24, 2.45) is 17.6 Å². The zero-order valence-corrected chi connectivity index (χ0v) is 20.6. The lowest BCUT2D eigenvalue weighted by Gasteiger charge is -2.29. The van der Waals surface area contributed by atoms with Gasteiger partial charge < -0.3 is 35.6 Å². The molecule has 1 aromatic rings. The number of methoxy groups -OCH3 is 1. The van der Waals surface area contributed by atoms with Crippen molar-refractivity contribution in [1.82, 2.24) is 10.2 Å². The molecule has 34 heavy (non-hydrogen) atoms. The molecule has 9 heteroatoms. The Morgan fingerprint density at radius 3 is 2.62 bits per heavy atom. The number of benzene rings is 1. The van der Waals surface area contributed by atoms with E-state index in [2.05, 4.69) is 5.32 Å². The molecule has 1 saturated heterocycles. The molecular weight excluding hydrogens is 438 g/mol. The van der Waals surface area contributed by atoms with Gasteiger partial charge in [-0.2, -0.15) is 0 Å². The van der Waals surface area contributed by atoms with Crippen LogP contribution in [0.25, 0.3) is 0 Å². The molecule has 1 aliphatic rings. The molecule has 1 fully saturated rings. The standard InChI is InChI=1S/C25H41N3O6/c1-17(2)18(12-21(26)22(30)16-28-15-19(29)13-24(28)31)14-27-25(32)20-8-4-5-9-23(20)34-11-7-6-10-33-3/h4-5,8-9,17-19,21-22,29-30H,6-7,10-16,26H2,1-3H3,(H,27,32)/t18-,19?,21+,22+/m1/s1. The number of carbonyl (C=O) groups is 2. The second-order valence-electron chi connectivity index (χ2n) is 9.38. The molecule has 0 aromatic heterocycles. The molecule has 0 bridgehead atoms. The van der Waals surface area contributed by atoms with Gasteiger partial charge in [0, 0.05) is 39.4 Å². The van der Waals surface area contributed by atoms with Crippen LogP contribution in [-0.2, 0) is 9.53 Å². The minimum Gasteiger partial charge on any atom is -0.493 e. The van der Waals surface area contributed by atoms with Crippen molar-refractivity contribution in [2.45, 2.75) is 57.8 Å². The van der Waals surface area contributed by atoms with E-state index in [1.165, 1.54) is 4.90 Å². The lowest BCUT2D eigenvalue weighted by Crippen LogP contribution is -2.46. The maximum Gasteiger partial charge on any atom is 0.255 e. The summed E-state index contributed by atoms with van der Waals surface area (Å²) in [5.74, 6) is 0.412. The Hall–Kier alpha value is -2.20. The number of amides is 2. The molecule has 0 aliphatic carbocycles. The Kier molecular flexibility index (Phi) is 11.8. The molecule has 1 aliphatic heterocycles. The average Bonchev–Trinajstić information content (AvgIpc) is 3.12. The van der Waals surface area contributed by atoms with Crippen LogP contribution in [0.2, 0.25) is 0 Å². The van der Waals surface area contributed by atoms with E-state index < -0.39 is 18.2 Å². The lowest BCUT2D eigenvalue weighted by molar-refractivity contribution is -0.129. The highest BCUT2D eigenvalue weighted by Gasteiger charge is 2.31. The van der Waals surface area contributed by atoms with E-state index in [1.54, 1.807) is 25.3 Å². The summed E-state index contributed by atoms with van der Waals surface area (Å²) in [7, 11) is 1.66. The summed E-state index contributed by atoms with van der Waals surface area (Å²) in [5, 5.41) is 23.1. The molecule has 0 saturated carbocycles. The third-order valence-corrected chi connectivity index (χ3v) is 6.27. The molecule has 0 radical (unpaired) electrons. The number of nitrogens with two attached hydrogens (primary N) is 1. The van der Waals surface area contributed by atoms with Crippen LogP contribution in [0.4, 0.5) is 0 Å². The molecular formula is C25H41N3O6. The number of aliphatic hydroxyl groups is 2. The van der Waals surface area contributed by atoms with Gasteiger partial charge in [-0.25, -0.2) is 0 Å². The van der Waals surface area contributed by atoms with E-state index >= 15 is 0 Å². The van der Waals surface area contributed by atoms with Crippen molar-refractivity contribution < 1.29 is 29.3 Å². The summed E-state index contributed by atoms with van der Waals surface area (Å²) in [6, 6.07) is 6.60. The lowest BCUT2D eigenvalue weighted by atomic mass is 9.87. The zero-order chi connectivity index (χ0) is 25.1. The Bertz CT molecular complexity index is 775. The van der Waals surface area contributed by atoms with E-state index in [0.717, 1.165) is 12.8 Å². The summed E-state index contributed by atoms with van der Waals surface area (Å²) in [4.78, 5) is 26.2. The van der Waals surface area contributed by atoms with Crippen LogP contribution in [0.3, 0.4) is 0 Å². The van der Waals surface area contributed by atoms with Gasteiger partial charge in [0.1, 0.15) is 5.75 Å². The van der Waals surface area contributed by atoms with Gasteiger partial charge in [0.25, 0.3) is 5.91 Å². The van der Waals surface area contributed by atoms with Gasteiger partial charge >= 0.3 is 0 Å². The first-order chi connectivity index (χ1) is 16.2. The van der Waals surface area contributed by atoms with Crippen LogP contribution in [0.15, 0.2) is 24.3 Å². The summed E-state index contributed by atoms with van der Waals surface area (Å²) in [6.45, 7) is 6.01. The number of ether oxygens (including phenoxy) is 2. The number of likely N-dealkylation sites (tertiary alicyclic amines) is 1. The van der Waals surface area contributed by atoms with Gasteiger partial charge in [-0.15, -0.1) is 0 Å². The van der Waals surface area contributed by atoms with E-state index in [4.69, 9.17) is 15.2 Å². The van der Waals surface area contributed by atoms with Crippen molar-refractivity contribution in [3.05, 3.63) is 29.8 Å². The molecule has 2 rings (SSSR count). The van der Waals surface area contributed by atoms with E-state index in [1.807, 2.05) is 19.9 Å². The zero-order valence-electron chi connectivity index (χ0n) is 20.6. The molecule has 0 spiro atoms. The quantitative estimate of drug-likeness (QED) is 0.277. The SMILES string of the molecule is COCCCCOc1ccccc1C(=O)NC[C@@H](C[C@H](N)[C@@H](O)CN1CC(O)CC1=O)C(C)C. The second kappa shape index (κ2) is 14.3. The molecule has 9 nitrogen and oxygen atoms in total. The number of rotatable bonds is 15. The third kappa shape index (κ3) is 8.87. The fourth-order valence-electron chi connectivity index (χ4n) is 4.02. The van der Waals surface area contributed by atoms with Gasteiger partial charge in [-0.3, -0.25) is 9.59 Å². The monoisotopic (exact) mass is 479 g/mol. The first-order valence-corrected chi connectivity index (χ1v) is 12.1. The predicted molar refractivity (Wildman–Crippen MR) is 130 cm³/mol. The number of β-amino-alcohol motifs (C(OH)–C–C–N with tert-alkyl or cyclic N) is 2. The smallest absolute Gasteiger partial charge is 0.255 e. The van der Waals surface area contributed by atoms with Crippen LogP contribution >= 0.6 is 0 Å². The Morgan fingerprint density at radius 2 is 1.97 bits per heavy atom. The fourth-order valence-corrected chi connectivity index (χ4v) is 4.02. The fraction of sp³-hybridized carbons (Fsp3) is 0.680. The van der Waals surface area contributed by atoms with E-state index in [9.17, 15) is 19.8 Å². The first kappa shape index (κ1) is 28.0. The van der Waals surface area contributed by atoms with Gasteiger partial charge in [0.2, 0.25) is 5.91 Å². The maximum atomic E-state index is 12.9. The highest BCUT2D eigenvalue weighted by Crippen LogP contribution is 2.21. The van der Waals surface area contributed by atoms with Gasteiger partial charge in [-0.05, 0) is 43.2 Å². The normalized spacial score (nSPS) is 18.7. The summed E-state index contributed by atoms with van der Waals surface area (Å²) < 4.78 is 10.9. The van der Waals surface area contributed by atoms with E-state index in [0.29, 0.717) is 37.5 Å². The van der Waals surface area contributed by atoms with Gasteiger partial charge in [-0.1, -0.05) is 26.0 Å². The first-order valence-electron chi connectivity index (χ1n) is 12.1. The van der Waals surface area contributed by atoms with Crippen molar-refractivity contribution >= 4 is 11.8 Å². The summed E-state index contributed by atoms with van der Waals surface area (Å²) in [5.41, 5.74) is 6.73. The molecule has 4 atom stereocenters. The third-order valence-electron chi connectivity index (χ3n) is 6.27. The largest absolute Gasteiger partial charge is 0.493 e. The number of hydrogen-bond donors (Lipinski definition) is 4. The van der Waals surface area contributed by atoms with Crippen LogP contribution in [0.1, 0.15) is 49.9 Å². The van der Waals surface area contributed by atoms with Gasteiger partial charge in [0.05, 0.1) is 30.8 Å². The number of carbonyl (C=O) groups excluding carboxylic acids is 2. The molecule has 1 heterocycles. The number of hydrogen-bond acceptors (Lipinski definition) is 7. The van der Waals surface area contributed by atoms with Crippen molar-refractivity contribution in [3.63, 3.8) is 0 Å². The summed E-state index contributed by atoms with van der Waals surface area (Å²) >= 11 is 0. The second-order valence-corrected chi connectivity index (χ2v) is 9.38. The van der Waals surface area contributed by atoms with Crippen LogP contribution < -0.4 is 15.8 Å². The highest BCUT2D eigenvalue weighted by atomic mass is 16.5. The van der Waals surface area contributed by atoms with Crippen LogP contribution in [0, 0.1) is 11.8 Å². The van der Waals surface area contributed by atoms with Crippen LogP contribution in [-0.4, -0.2) is 85.1 Å². The molecule has 1 unspecified atom stereocenters. The van der Waals surface area contributed by atoms with Crippen molar-refractivity contribution in [3.8, 4) is 5.75 Å².